The number of carboxylic acid groups (broad SMARTS) is 1. The van der Waals surface area contributed by atoms with Crippen LogP contribution < -0.4 is 19.0 Å². The number of ether oxygens (including phenoxy) is 1. The predicted octanol–water partition coefficient (Wildman–Crippen LogP) is 1.44. The van der Waals surface area contributed by atoms with Gasteiger partial charge in [-0.05, 0) is 50.1 Å². The van der Waals surface area contributed by atoms with Gasteiger partial charge in [-0.25, -0.2) is 14.0 Å². The lowest BCUT2D eigenvalue weighted by atomic mass is 10.1. The van der Waals surface area contributed by atoms with Crippen LogP contribution in [0.1, 0.15) is 16.8 Å². The fourth-order valence-electron chi connectivity index (χ4n) is 4.69. The number of amides is 1. The standard InChI is InChI=1S/C23H26N6O5S/c1-15-13-17(34-4)5-6-19(15)26-9-7-18-20(14-16(2)24-22(18)26)27-10-8-21(25-27)28-11-12-29(3,23(30)31)35(28,32)33/h5-6,8,10,13-14H,7,9,11-12H2,1-4H3. The minimum atomic E-state index is -4.22. The Balaban J connectivity index is 1.52. The molecule has 0 saturated carbocycles. The van der Waals surface area contributed by atoms with Gasteiger partial charge in [0, 0.05) is 35.8 Å². The number of aromatic nitrogens is 3. The fraction of sp³-hybridized carbons (Fsp3) is 0.348. The van der Waals surface area contributed by atoms with Gasteiger partial charge >= 0.3 is 10.2 Å². The molecular weight excluding hydrogens is 472 g/mol. The smallest absolute Gasteiger partial charge is 0.403 e. The molecule has 1 unspecified atom stereocenters. The van der Waals surface area contributed by atoms with Crippen molar-refractivity contribution < 1.29 is 26.9 Å². The molecule has 1 saturated heterocycles. The third-order valence-electron chi connectivity index (χ3n) is 6.72. The lowest BCUT2D eigenvalue weighted by Gasteiger charge is -2.26. The van der Waals surface area contributed by atoms with Crippen LogP contribution in [0.15, 0.2) is 36.5 Å². The maximum atomic E-state index is 12.9. The number of hydrogen-bond acceptors (Lipinski definition) is 8. The Morgan fingerprint density at radius 3 is 2.57 bits per heavy atom. The van der Waals surface area contributed by atoms with Crippen molar-refractivity contribution in [1.29, 1.82) is 0 Å². The van der Waals surface area contributed by atoms with Crippen LogP contribution in [0.3, 0.4) is 0 Å². The van der Waals surface area contributed by atoms with Crippen LogP contribution in [0.5, 0.6) is 5.75 Å². The van der Waals surface area contributed by atoms with Gasteiger partial charge in [0.25, 0.3) is 6.09 Å². The molecule has 1 fully saturated rings. The highest BCUT2D eigenvalue weighted by atomic mass is 32.2. The zero-order chi connectivity index (χ0) is 25.1. The number of benzene rings is 1. The minimum absolute atomic E-state index is 0.00182. The summed E-state index contributed by atoms with van der Waals surface area (Å²) in [5.41, 5.74) is 4.71. The van der Waals surface area contributed by atoms with Gasteiger partial charge < -0.3 is 19.5 Å². The normalized spacial score (nSPS) is 20.8. The minimum Gasteiger partial charge on any atom is -0.497 e. The summed E-state index contributed by atoms with van der Waals surface area (Å²) in [7, 11) is -1.46. The van der Waals surface area contributed by atoms with E-state index in [1.807, 2.05) is 38.1 Å². The number of quaternary nitrogens is 1. The highest BCUT2D eigenvalue weighted by Crippen LogP contribution is 2.39. The molecule has 2 aliphatic heterocycles. The first-order valence-electron chi connectivity index (χ1n) is 11.2. The molecule has 11 nitrogen and oxygen atoms in total. The molecule has 2 aliphatic rings. The Hall–Kier alpha value is -3.64. The molecule has 12 heteroatoms. The number of pyridine rings is 1. The second-order valence-corrected chi connectivity index (χ2v) is 11.0. The number of fused-ring (bicyclic) bond motifs is 1. The van der Waals surface area contributed by atoms with Gasteiger partial charge in [-0.15, -0.1) is 5.10 Å². The SMILES string of the molecule is COc1ccc(N2CCc3c(-n4ccc(N5CC[N+](C)(C(=O)[O-])S5(=O)=O)n4)cc(C)nc32)c(C)c1. The van der Waals surface area contributed by atoms with E-state index in [0.717, 1.165) is 64.1 Å². The zero-order valence-electron chi connectivity index (χ0n) is 19.9. The largest absolute Gasteiger partial charge is 0.497 e. The Morgan fingerprint density at radius 1 is 1.14 bits per heavy atom. The third-order valence-corrected chi connectivity index (χ3v) is 9.00. The molecular formula is C23H26N6O5S. The molecule has 0 N–H and O–H groups in total. The first-order valence-corrected chi connectivity index (χ1v) is 12.5. The molecule has 1 atom stereocenters. The van der Waals surface area contributed by atoms with Crippen molar-refractivity contribution in [3.8, 4) is 11.4 Å². The summed E-state index contributed by atoms with van der Waals surface area (Å²) in [4.78, 5) is 18.5. The number of likely N-dealkylation sites (N-methyl/N-ethyl adjacent to an activating group) is 1. The van der Waals surface area contributed by atoms with Crippen molar-refractivity contribution in [2.75, 3.05) is 43.0 Å². The van der Waals surface area contributed by atoms with Gasteiger partial charge in [-0.1, -0.05) is 0 Å². The quantitative estimate of drug-likeness (QED) is 0.496. The Morgan fingerprint density at radius 2 is 1.91 bits per heavy atom. The van der Waals surface area contributed by atoms with E-state index < -0.39 is 20.2 Å². The summed E-state index contributed by atoms with van der Waals surface area (Å²) in [6.07, 6.45) is 0.756. The van der Waals surface area contributed by atoms with E-state index in [-0.39, 0.29) is 18.9 Å². The Kier molecular flexibility index (Phi) is 5.25. The lowest BCUT2D eigenvalue weighted by Crippen LogP contribution is -2.58. The zero-order valence-corrected chi connectivity index (χ0v) is 20.7. The molecule has 0 bridgehead atoms. The number of hydrogen-bond donors (Lipinski definition) is 0. The van der Waals surface area contributed by atoms with E-state index in [1.165, 1.54) is 0 Å². The molecule has 5 rings (SSSR count). The highest BCUT2D eigenvalue weighted by Gasteiger charge is 2.52. The van der Waals surface area contributed by atoms with Crippen molar-refractivity contribution in [3.63, 3.8) is 0 Å². The van der Waals surface area contributed by atoms with E-state index in [4.69, 9.17) is 9.72 Å². The van der Waals surface area contributed by atoms with Crippen molar-refractivity contribution in [2.45, 2.75) is 20.3 Å². The van der Waals surface area contributed by atoms with Crippen LogP contribution >= 0.6 is 0 Å². The number of carbonyl (C=O) groups excluding carboxylic acids is 1. The van der Waals surface area contributed by atoms with Crippen LogP contribution in [0.25, 0.3) is 5.69 Å². The Labute approximate surface area is 203 Å². The van der Waals surface area contributed by atoms with Crippen molar-refractivity contribution in [1.82, 2.24) is 14.8 Å². The molecule has 35 heavy (non-hydrogen) atoms. The van der Waals surface area contributed by atoms with Gasteiger partial charge in [0.05, 0.1) is 26.4 Å². The molecule has 4 heterocycles. The second kappa shape index (κ2) is 7.95. The number of aryl methyl sites for hydroxylation is 2. The van der Waals surface area contributed by atoms with Crippen LogP contribution in [0.4, 0.5) is 22.1 Å². The number of methoxy groups -OCH3 is 1. The van der Waals surface area contributed by atoms with Gasteiger partial charge in [0.1, 0.15) is 18.1 Å². The average Bonchev–Trinajstić information content (AvgIpc) is 3.50. The van der Waals surface area contributed by atoms with E-state index in [2.05, 4.69) is 10.00 Å². The Bertz CT molecular complexity index is 1450. The van der Waals surface area contributed by atoms with Crippen LogP contribution in [0.2, 0.25) is 0 Å². The van der Waals surface area contributed by atoms with E-state index in [0.29, 0.717) is 0 Å². The van der Waals surface area contributed by atoms with E-state index >= 15 is 0 Å². The maximum absolute atomic E-state index is 12.9. The summed E-state index contributed by atoms with van der Waals surface area (Å²) < 4.78 is 32.6. The molecule has 2 aromatic heterocycles. The van der Waals surface area contributed by atoms with Crippen LogP contribution in [-0.4, -0.2) is 67.0 Å². The average molecular weight is 499 g/mol. The first-order chi connectivity index (χ1) is 16.6. The van der Waals surface area contributed by atoms with Crippen LogP contribution in [0, 0.1) is 13.8 Å². The predicted molar refractivity (Wildman–Crippen MR) is 127 cm³/mol. The lowest BCUT2D eigenvalue weighted by molar-refractivity contribution is -0.729. The summed E-state index contributed by atoms with van der Waals surface area (Å²) in [6, 6.07) is 9.42. The van der Waals surface area contributed by atoms with Gasteiger partial charge in [-0.3, -0.25) is 0 Å². The van der Waals surface area contributed by atoms with Crippen molar-refractivity contribution >= 4 is 33.6 Å². The van der Waals surface area contributed by atoms with E-state index in [9.17, 15) is 18.3 Å². The van der Waals surface area contributed by atoms with E-state index in [1.54, 1.807) is 24.1 Å². The molecule has 184 valence electrons. The molecule has 1 aromatic carbocycles. The molecule has 0 radical (unpaired) electrons. The number of anilines is 3. The number of carbonyl (C=O) groups is 1. The summed E-state index contributed by atoms with van der Waals surface area (Å²) >= 11 is 0. The summed E-state index contributed by atoms with van der Waals surface area (Å²) in [6.45, 7) is 4.54. The van der Waals surface area contributed by atoms with Crippen LogP contribution in [-0.2, 0) is 16.6 Å². The highest BCUT2D eigenvalue weighted by molar-refractivity contribution is 7.87. The first kappa shape index (κ1) is 23.1. The summed E-state index contributed by atoms with van der Waals surface area (Å²) in [5, 5.41) is 16.0. The number of nitrogens with zero attached hydrogens (tertiary/aromatic N) is 6. The van der Waals surface area contributed by atoms with Crippen molar-refractivity contribution in [3.05, 3.63) is 53.3 Å². The molecule has 0 spiro atoms. The summed E-state index contributed by atoms with van der Waals surface area (Å²) in [5.74, 6) is 1.79. The second-order valence-electron chi connectivity index (χ2n) is 8.90. The van der Waals surface area contributed by atoms with Crippen molar-refractivity contribution in [2.24, 2.45) is 0 Å². The van der Waals surface area contributed by atoms with Gasteiger partial charge in [0.2, 0.25) is 0 Å². The maximum Gasteiger partial charge on any atom is 0.403 e. The monoisotopic (exact) mass is 498 g/mol. The molecule has 0 aliphatic carbocycles. The number of rotatable bonds is 4. The molecule has 3 aromatic rings. The molecule has 1 amide bonds. The van der Waals surface area contributed by atoms with Gasteiger partial charge in [-0.2, -0.15) is 12.3 Å². The third kappa shape index (κ3) is 3.43. The van der Waals surface area contributed by atoms with Gasteiger partial charge in [0.15, 0.2) is 5.82 Å². The fourth-order valence-corrected chi connectivity index (χ4v) is 6.27. The topological polar surface area (TPSA) is 121 Å².